The molecular weight excluding hydrogens is 274 g/mol. The highest BCUT2D eigenvalue weighted by Crippen LogP contribution is 2.19. The van der Waals surface area contributed by atoms with E-state index in [1.165, 1.54) is 12.1 Å². The van der Waals surface area contributed by atoms with Crippen LogP contribution in [0.25, 0.3) is 0 Å². The van der Waals surface area contributed by atoms with Gasteiger partial charge in [-0.05, 0) is 18.9 Å². The minimum atomic E-state index is -0.585. The predicted molar refractivity (Wildman–Crippen MR) is 81.1 cm³/mol. The highest BCUT2D eigenvalue weighted by atomic mass is 19.1. The Morgan fingerprint density at radius 2 is 1.90 bits per heavy atom. The Morgan fingerprint density at radius 3 is 2.43 bits per heavy atom. The molecule has 0 aliphatic rings. The quantitative estimate of drug-likeness (QED) is 0.761. The maximum absolute atomic E-state index is 13.8. The molecule has 0 spiro atoms. The van der Waals surface area contributed by atoms with Crippen LogP contribution in [0, 0.1) is 11.6 Å². The van der Waals surface area contributed by atoms with Gasteiger partial charge in [0.1, 0.15) is 11.6 Å². The number of ether oxygens (including phenoxy) is 1. The third-order valence-corrected chi connectivity index (χ3v) is 3.83. The second-order valence-electron chi connectivity index (χ2n) is 5.23. The standard InChI is InChI=1S/C16H26F2N2O/c1-4-13(5-2)20(8-9-21-3)11-16(19)14-7-6-12(17)10-15(14)18/h6-7,10,13,16H,4-5,8-9,11,19H2,1-3H3. The van der Waals surface area contributed by atoms with Gasteiger partial charge in [-0.3, -0.25) is 4.90 Å². The second-order valence-corrected chi connectivity index (χ2v) is 5.23. The summed E-state index contributed by atoms with van der Waals surface area (Å²) in [5.74, 6) is -1.17. The van der Waals surface area contributed by atoms with Gasteiger partial charge in [0.25, 0.3) is 0 Å². The first-order valence-corrected chi connectivity index (χ1v) is 7.46. The molecule has 1 atom stereocenters. The molecule has 120 valence electrons. The van der Waals surface area contributed by atoms with Gasteiger partial charge in [-0.2, -0.15) is 0 Å². The van der Waals surface area contributed by atoms with Crippen molar-refractivity contribution in [3.8, 4) is 0 Å². The number of halogens is 2. The Hall–Kier alpha value is -1.04. The summed E-state index contributed by atoms with van der Waals surface area (Å²) in [6.45, 7) is 6.13. The normalized spacial score (nSPS) is 13.1. The molecule has 1 unspecified atom stereocenters. The smallest absolute Gasteiger partial charge is 0.130 e. The lowest BCUT2D eigenvalue weighted by Crippen LogP contribution is -2.41. The van der Waals surface area contributed by atoms with E-state index in [4.69, 9.17) is 10.5 Å². The molecule has 2 N–H and O–H groups in total. The van der Waals surface area contributed by atoms with Crippen molar-refractivity contribution in [2.75, 3.05) is 26.8 Å². The Morgan fingerprint density at radius 1 is 1.24 bits per heavy atom. The molecule has 1 rings (SSSR count). The van der Waals surface area contributed by atoms with Gasteiger partial charge < -0.3 is 10.5 Å². The van der Waals surface area contributed by atoms with E-state index >= 15 is 0 Å². The van der Waals surface area contributed by atoms with E-state index in [0.717, 1.165) is 25.5 Å². The summed E-state index contributed by atoms with van der Waals surface area (Å²) in [6.07, 6.45) is 2.00. The number of nitrogens with zero attached hydrogens (tertiary/aromatic N) is 1. The predicted octanol–water partition coefficient (Wildman–Crippen LogP) is 3.10. The Bertz CT molecular complexity index is 425. The number of hydrogen-bond acceptors (Lipinski definition) is 3. The topological polar surface area (TPSA) is 38.5 Å². The maximum Gasteiger partial charge on any atom is 0.130 e. The van der Waals surface area contributed by atoms with Crippen LogP contribution in [0.2, 0.25) is 0 Å². The van der Waals surface area contributed by atoms with E-state index in [1.807, 2.05) is 0 Å². The average Bonchev–Trinajstić information content (AvgIpc) is 2.45. The number of rotatable bonds is 9. The second kappa shape index (κ2) is 9.07. The van der Waals surface area contributed by atoms with Crippen molar-refractivity contribution in [2.24, 2.45) is 5.73 Å². The number of nitrogens with two attached hydrogens (primary N) is 1. The number of benzene rings is 1. The lowest BCUT2D eigenvalue weighted by atomic mass is 10.0. The highest BCUT2D eigenvalue weighted by molar-refractivity contribution is 5.22. The van der Waals surface area contributed by atoms with Gasteiger partial charge in [0.2, 0.25) is 0 Å². The molecule has 0 aliphatic carbocycles. The van der Waals surface area contributed by atoms with Gasteiger partial charge in [0.15, 0.2) is 0 Å². The van der Waals surface area contributed by atoms with Crippen molar-refractivity contribution in [3.05, 3.63) is 35.4 Å². The summed E-state index contributed by atoms with van der Waals surface area (Å²) in [5, 5.41) is 0. The largest absolute Gasteiger partial charge is 0.383 e. The molecule has 5 heteroatoms. The van der Waals surface area contributed by atoms with Gasteiger partial charge in [0, 0.05) is 43.9 Å². The maximum atomic E-state index is 13.8. The first-order valence-electron chi connectivity index (χ1n) is 7.46. The van der Waals surface area contributed by atoms with Crippen molar-refractivity contribution in [1.82, 2.24) is 4.90 Å². The summed E-state index contributed by atoms with van der Waals surface area (Å²) in [4.78, 5) is 2.22. The molecule has 0 heterocycles. The molecule has 1 aromatic rings. The van der Waals surface area contributed by atoms with Crippen LogP contribution in [-0.2, 0) is 4.74 Å². The minimum absolute atomic E-state index is 0.352. The molecule has 0 aromatic heterocycles. The lowest BCUT2D eigenvalue weighted by molar-refractivity contribution is 0.110. The molecule has 3 nitrogen and oxygen atoms in total. The molecule has 0 amide bonds. The van der Waals surface area contributed by atoms with Crippen molar-refractivity contribution in [3.63, 3.8) is 0 Å². The highest BCUT2D eigenvalue weighted by Gasteiger charge is 2.20. The van der Waals surface area contributed by atoms with Gasteiger partial charge in [-0.1, -0.05) is 19.9 Å². The fourth-order valence-corrected chi connectivity index (χ4v) is 2.59. The van der Waals surface area contributed by atoms with Crippen LogP contribution in [0.1, 0.15) is 38.3 Å². The van der Waals surface area contributed by atoms with Crippen LogP contribution < -0.4 is 5.73 Å². The molecule has 1 aromatic carbocycles. The summed E-state index contributed by atoms with van der Waals surface area (Å²) >= 11 is 0. The summed E-state index contributed by atoms with van der Waals surface area (Å²) in [6, 6.07) is 3.45. The third kappa shape index (κ3) is 5.34. The molecule has 0 saturated heterocycles. The molecular formula is C16H26F2N2O. The van der Waals surface area contributed by atoms with E-state index in [9.17, 15) is 8.78 Å². The van der Waals surface area contributed by atoms with Crippen LogP contribution in [0.4, 0.5) is 8.78 Å². The lowest BCUT2D eigenvalue weighted by Gasteiger charge is -2.32. The third-order valence-electron chi connectivity index (χ3n) is 3.83. The summed E-state index contributed by atoms with van der Waals surface area (Å²) in [5.41, 5.74) is 6.47. The van der Waals surface area contributed by atoms with Crippen LogP contribution >= 0.6 is 0 Å². The SMILES string of the molecule is CCC(CC)N(CCOC)CC(N)c1ccc(F)cc1F. The summed E-state index contributed by atoms with van der Waals surface area (Å²) < 4.78 is 31.9. The summed E-state index contributed by atoms with van der Waals surface area (Å²) in [7, 11) is 1.66. The van der Waals surface area contributed by atoms with Crippen molar-refractivity contribution < 1.29 is 13.5 Å². The zero-order valence-corrected chi connectivity index (χ0v) is 13.1. The first kappa shape index (κ1) is 18.0. The van der Waals surface area contributed by atoms with Gasteiger partial charge in [0.05, 0.1) is 6.61 Å². The van der Waals surface area contributed by atoms with Crippen LogP contribution in [0.5, 0.6) is 0 Å². The zero-order valence-electron chi connectivity index (χ0n) is 13.1. The van der Waals surface area contributed by atoms with Crippen LogP contribution in [0.3, 0.4) is 0 Å². The van der Waals surface area contributed by atoms with Crippen molar-refractivity contribution in [1.29, 1.82) is 0 Å². The van der Waals surface area contributed by atoms with E-state index in [-0.39, 0.29) is 0 Å². The number of methoxy groups -OCH3 is 1. The molecule has 21 heavy (non-hydrogen) atoms. The monoisotopic (exact) mass is 300 g/mol. The Kier molecular flexibility index (Phi) is 7.78. The molecule has 0 saturated carbocycles. The van der Waals surface area contributed by atoms with Gasteiger partial charge in [-0.15, -0.1) is 0 Å². The zero-order chi connectivity index (χ0) is 15.8. The van der Waals surface area contributed by atoms with Crippen molar-refractivity contribution >= 4 is 0 Å². The van der Waals surface area contributed by atoms with Gasteiger partial charge in [-0.25, -0.2) is 8.78 Å². The van der Waals surface area contributed by atoms with E-state index < -0.39 is 17.7 Å². The Balaban J connectivity index is 2.80. The van der Waals surface area contributed by atoms with E-state index in [1.54, 1.807) is 7.11 Å². The first-order chi connectivity index (χ1) is 10.0. The fourth-order valence-electron chi connectivity index (χ4n) is 2.59. The van der Waals surface area contributed by atoms with Gasteiger partial charge >= 0.3 is 0 Å². The fraction of sp³-hybridized carbons (Fsp3) is 0.625. The molecule has 0 bridgehead atoms. The molecule has 0 fully saturated rings. The van der Waals surface area contributed by atoms with Crippen LogP contribution in [-0.4, -0.2) is 37.7 Å². The van der Waals surface area contributed by atoms with E-state index in [0.29, 0.717) is 24.8 Å². The molecule has 0 aliphatic heterocycles. The van der Waals surface area contributed by atoms with Crippen LogP contribution in [0.15, 0.2) is 18.2 Å². The average molecular weight is 300 g/mol. The molecule has 0 radical (unpaired) electrons. The number of hydrogen-bond donors (Lipinski definition) is 1. The van der Waals surface area contributed by atoms with E-state index in [2.05, 4.69) is 18.7 Å². The van der Waals surface area contributed by atoms with Crippen molar-refractivity contribution in [2.45, 2.75) is 38.8 Å². The minimum Gasteiger partial charge on any atom is -0.383 e. The Labute approximate surface area is 126 Å².